The van der Waals surface area contributed by atoms with E-state index in [1.165, 1.54) is 7.11 Å². The standard InChI is InChI=1S/C13H16N2O2/c1-3-12-10(6-13(16)17-2)4-9(7-14)5-11(12)8-15/h4-5H,3,6-7,14H2,1-2H3. The summed E-state index contributed by atoms with van der Waals surface area (Å²) in [6, 6.07) is 5.79. The smallest absolute Gasteiger partial charge is 0.309 e. The molecule has 4 nitrogen and oxygen atoms in total. The Labute approximate surface area is 101 Å². The minimum absolute atomic E-state index is 0.183. The van der Waals surface area contributed by atoms with Crippen LogP contribution in [0.2, 0.25) is 0 Å². The van der Waals surface area contributed by atoms with Crippen molar-refractivity contribution in [3.05, 3.63) is 34.4 Å². The Bertz CT molecular complexity index is 461. The molecule has 0 saturated heterocycles. The van der Waals surface area contributed by atoms with Crippen molar-refractivity contribution in [1.29, 1.82) is 5.26 Å². The monoisotopic (exact) mass is 232 g/mol. The van der Waals surface area contributed by atoms with E-state index in [2.05, 4.69) is 10.8 Å². The number of ether oxygens (including phenoxy) is 1. The van der Waals surface area contributed by atoms with Gasteiger partial charge in [0, 0.05) is 6.54 Å². The van der Waals surface area contributed by atoms with Crippen LogP contribution in [0.15, 0.2) is 12.1 Å². The van der Waals surface area contributed by atoms with E-state index in [9.17, 15) is 4.79 Å². The third-order valence-electron chi connectivity index (χ3n) is 2.67. The maximum absolute atomic E-state index is 11.3. The lowest BCUT2D eigenvalue weighted by atomic mass is 9.94. The highest BCUT2D eigenvalue weighted by molar-refractivity contribution is 5.73. The Kier molecular flexibility index (Phi) is 4.68. The van der Waals surface area contributed by atoms with Crippen molar-refractivity contribution in [1.82, 2.24) is 0 Å². The molecule has 0 aliphatic rings. The molecule has 0 heterocycles. The molecule has 1 aromatic carbocycles. The number of hydrogen-bond acceptors (Lipinski definition) is 4. The molecule has 0 spiro atoms. The van der Waals surface area contributed by atoms with Gasteiger partial charge in [-0.05, 0) is 29.2 Å². The summed E-state index contributed by atoms with van der Waals surface area (Å²) in [5, 5.41) is 9.08. The number of nitrogens with zero attached hydrogens (tertiary/aromatic N) is 1. The van der Waals surface area contributed by atoms with Gasteiger partial charge in [0.05, 0.1) is 25.2 Å². The van der Waals surface area contributed by atoms with Gasteiger partial charge in [-0.25, -0.2) is 0 Å². The molecular weight excluding hydrogens is 216 g/mol. The Morgan fingerprint density at radius 1 is 1.53 bits per heavy atom. The fourth-order valence-electron chi connectivity index (χ4n) is 1.82. The summed E-state index contributed by atoms with van der Waals surface area (Å²) in [4.78, 5) is 11.3. The summed E-state index contributed by atoms with van der Waals surface area (Å²) in [7, 11) is 1.35. The second-order valence-electron chi connectivity index (χ2n) is 3.70. The number of carbonyl (C=O) groups excluding carboxylic acids is 1. The number of nitrogens with two attached hydrogens (primary N) is 1. The SMILES string of the molecule is CCc1c(C#N)cc(CN)cc1CC(=O)OC. The zero-order valence-electron chi connectivity index (χ0n) is 10.1. The number of nitriles is 1. The second kappa shape index (κ2) is 6.02. The van der Waals surface area contributed by atoms with Crippen LogP contribution >= 0.6 is 0 Å². The molecule has 1 aromatic rings. The molecule has 0 aromatic heterocycles. The summed E-state index contributed by atoms with van der Waals surface area (Å²) in [5.41, 5.74) is 8.75. The summed E-state index contributed by atoms with van der Waals surface area (Å²) >= 11 is 0. The number of rotatable bonds is 4. The summed E-state index contributed by atoms with van der Waals surface area (Å²) in [5.74, 6) is -0.308. The lowest BCUT2D eigenvalue weighted by Gasteiger charge is -2.11. The molecule has 0 saturated carbocycles. The summed E-state index contributed by atoms with van der Waals surface area (Å²) in [6.45, 7) is 2.31. The van der Waals surface area contributed by atoms with Crippen LogP contribution in [0, 0.1) is 11.3 Å². The van der Waals surface area contributed by atoms with Crippen LogP contribution in [-0.2, 0) is 28.9 Å². The van der Waals surface area contributed by atoms with Crippen molar-refractivity contribution in [2.75, 3.05) is 7.11 Å². The van der Waals surface area contributed by atoms with Crippen LogP contribution in [0.1, 0.15) is 29.2 Å². The molecule has 4 heteroatoms. The van der Waals surface area contributed by atoms with Gasteiger partial charge in [-0.3, -0.25) is 4.79 Å². The zero-order valence-corrected chi connectivity index (χ0v) is 10.1. The van der Waals surface area contributed by atoms with Gasteiger partial charge < -0.3 is 10.5 Å². The van der Waals surface area contributed by atoms with Gasteiger partial charge in [0.1, 0.15) is 0 Å². The van der Waals surface area contributed by atoms with Crippen molar-refractivity contribution >= 4 is 5.97 Å². The maximum Gasteiger partial charge on any atom is 0.309 e. The first-order valence-electron chi connectivity index (χ1n) is 5.47. The van der Waals surface area contributed by atoms with Crippen molar-refractivity contribution in [3.63, 3.8) is 0 Å². The summed E-state index contributed by atoms with van der Waals surface area (Å²) < 4.78 is 4.65. The first kappa shape index (κ1) is 13.2. The third-order valence-corrected chi connectivity index (χ3v) is 2.67. The first-order chi connectivity index (χ1) is 8.15. The lowest BCUT2D eigenvalue weighted by Crippen LogP contribution is -2.09. The fraction of sp³-hybridized carbons (Fsp3) is 0.385. The van der Waals surface area contributed by atoms with Crippen molar-refractivity contribution in [2.24, 2.45) is 5.73 Å². The van der Waals surface area contributed by atoms with Crippen LogP contribution in [0.25, 0.3) is 0 Å². The molecule has 2 N–H and O–H groups in total. The van der Waals surface area contributed by atoms with Gasteiger partial charge >= 0.3 is 5.97 Å². The highest BCUT2D eigenvalue weighted by Crippen LogP contribution is 2.19. The average molecular weight is 232 g/mol. The van der Waals surface area contributed by atoms with Crippen LogP contribution < -0.4 is 5.73 Å². The molecule has 0 aliphatic carbocycles. The predicted octanol–water partition coefficient (Wildman–Crippen LogP) is 1.29. The second-order valence-corrected chi connectivity index (χ2v) is 3.70. The van der Waals surface area contributed by atoms with E-state index < -0.39 is 0 Å². The molecule has 90 valence electrons. The third kappa shape index (κ3) is 3.05. The van der Waals surface area contributed by atoms with E-state index in [1.54, 1.807) is 6.07 Å². The predicted molar refractivity (Wildman–Crippen MR) is 64.1 cm³/mol. The minimum atomic E-state index is -0.308. The first-order valence-corrected chi connectivity index (χ1v) is 5.47. The molecule has 0 unspecified atom stereocenters. The largest absolute Gasteiger partial charge is 0.469 e. The normalized spacial score (nSPS) is 9.76. The van der Waals surface area contributed by atoms with Crippen LogP contribution in [0.4, 0.5) is 0 Å². The number of methoxy groups -OCH3 is 1. The highest BCUT2D eigenvalue weighted by atomic mass is 16.5. The molecular formula is C13H16N2O2. The fourth-order valence-corrected chi connectivity index (χ4v) is 1.82. The van der Waals surface area contributed by atoms with E-state index in [1.807, 2.05) is 13.0 Å². The molecule has 17 heavy (non-hydrogen) atoms. The van der Waals surface area contributed by atoms with Crippen molar-refractivity contribution < 1.29 is 9.53 Å². The number of esters is 1. The minimum Gasteiger partial charge on any atom is -0.469 e. The molecule has 0 radical (unpaired) electrons. The van der Waals surface area contributed by atoms with Crippen LogP contribution in [0.3, 0.4) is 0 Å². The van der Waals surface area contributed by atoms with Crippen molar-refractivity contribution in [3.8, 4) is 6.07 Å². The van der Waals surface area contributed by atoms with E-state index in [0.29, 0.717) is 18.5 Å². The number of carbonyl (C=O) groups is 1. The Morgan fingerprint density at radius 3 is 2.71 bits per heavy atom. The Balaban J connectivity index is 3.25. The average Bonchev–Trinajstić information content (AvgIpc) is 2.37. The van der Waals surface area contributed by atoms with Crippen LogP contribution in [-0.4, -0.2) is 13.1 Å². The van der Waals surface area contributed by atoms with E-state index in [0.717, 1.165) is 16.7 Å². The molecule has 0 amide bonds. The Hall–Kier alpha value is -1.86. The molecule has 0 aliphatic heterocycles. The van der Waals surface area contributed by atoms with E-state index in [-0.39, 0.29) is 12.4 Å². The quantitative estimate of drug-likeness (QED) is 0.794. The molecule has 1 rings (SSSR count). The van der Waals surface area contributed by atoms with Gasteiger partial charge in [-0.15, -0.1) is 0 Å². The number of benzene rings is 1. The van der Waals surface area contributed by atoms with Gasteiger partial charge in [-0.2, -0.15) is 5.26 Å². The van der Waals surface area contributed by atoms with Gasteiger partial charge in [0.2, 0.25) is 0 Å². The summed E-state index contributed by atoms with van der Waals surface area (Å²) in [6.07, 6.45) is 0.891. The molecule has 0 fully saturated rings. The van der Waals surface area contributed by atoms with Gasteiger partial charge in [-0.1, -0.05) is 13.0 Å². The maximum atomic E-state index is 11.3. The number of hydrogen-bond donors (Lipinski definition) is 1. The van der Waals surface area contributed by atoms with Gasteiger partial charge in [0.25, 0.3) is 0 Å². The zero-order chi connectivity index (χ0) is 12.8. The van der Waals surface area contributed by atoms with Gasteiger partial charge in [0.15, 0.2) is 0 Å². The highest BCUT2D eigenvalue weighted by Gasteiger charge is 2.12. The molecule has 0 bridgehead atoms. The topological polar surface area (TPSA) is 76.1 Å². The Morgan fingerprint density at radius 2 is 2.24 bits per heavy atom. The van der Waals surface area contributed by atoms with E-state index in [4.69, 9.17) is 11.0 Å². The molecule has 0 atom stereocenters. The van der Waals surface area contributed by atoms with Crippen LogP contribution in [0.5, 0.6) is 0 Å². The lowest BCUT2D eigenvalue weighted by molar-refractivity contribution is -0.139. The van der Waals surface area contributed by atoms with Crippen molar-refractivity contribution in [2.45, 2.75) is 26.3 Å². The van der Waals surface area contributed by atoms with E-state index >= 15 is 0 Å².